The molecule has 0 amide bonds. The Morgan fingerprint density at radius 3 is 2.72 bits per heavy atom. The summed E-state index contributed by atoms with van der Waals surface area (Å²) in [5, 5.41) is 4.30. The third-order valence-electron chi connectivity index (χ3n) is 2.71. The van der Waals surface area contributed by atoms with Crippen molar-refractivity contribution in [2.45, 2.75) is 13.5 Å². The summed E-state index contributed by atoms with van der Waals surface area (Å²) in [6, 6.07) is 6.68. The Labute approximate surface area is 105 Å². The van der Waals surface area contributed by atoms with Crippen LogP contribution in [0.1, 0.15) is 12.6 Å². The van der Waals surface area contributed by atoms with E-state index in [-0.39, 0.29) is 11.6 Å². The van der Waals surface area contributed by atoms with Crippen LogP contribution in [0.2, 0.25) is 0 Å². The van der Waals surface area contributed by atoms with E-state index in [2.05, 4.69) is 5.10 Å². The number of halogens is 1. The van der Waals surface area contributed by atoms with E-state index in [1.54, 1.807) is 16.8 Å². The summed E-state index contributed by atoms with van der Waals surface area (Å²) in [6.07, 6.45) is 0. The molecule has 0 unspecified atom stereocenters. The van der Waals surface area contributed by atoms with Gasteiger partial charge in [0.05, 0.1) is 18.0 Å². The number of ether oxygens (including phenoxy) is 1. The topological polar surface area (TPSA) is 53.1 Å². The monoisotopic (exact) mass is 249 g/mol. The van der Waals surface area contributed by atoms with Gasteiger partial charge in [-0.3, -0.25) is 4.68 Å². The molecule has 1 heterocycles. The average Bonchev–Trinajstić information content (AvgIpc) is 2.73. The van der Waals surface area contributed by atoms with Gasteiger partial charge in [-0.25, -0.2) is 4.39 Å². The van der Waals surface area contributed by atoms with Crippen LogP contribution < -0.4 is 10.5 Å². The molecule has 0 radical (unpaired) electrons. The molecule has 2 aromatic rings. The molecule has 0 spiro atoms. The molecule has 96 valence electrons. The van der Waals surface area contributed by atoms with E-state index in [9.17, 15) is 4.39 Å². The van der Waals surface area contributed by atoms with E-state index in [0.717, 1.165) is 5.69 Å². The lowest BCUT2D eigenvalue weighted by Crippen LogP contribution is -2.03. The Morgan fingerprint density at radius 1 is 1.39 bits per heavy atom. The lowest BCUT2D eigenvalue weighted by Gasteiger charge is -2.05. The lowest BCUT2D eigenvalue weighted by atomic mass is 10.1. The molecular weight excluding hydrogens is 233 g/mol. The van der Waals surface area contributed by atoms with Crippen molar-refractivity contribution in [1.82, 2.24) is 9.78 Å². The van der Waals surface area contributed by atoms with Crippen LogP contribution >= 0.6 is 0 Å². The molecule has 5 heteroatoms. The van der Waals surface area contributed by atoms with E-state index in [1.807, 2.05) is 20.0 Å². The molecule has 2 N–H and O–H groups in total. The highest BCUT2D eigenvalue weighted by molar-refractivity contribution is 5.60. The Morgan fingerprint density at radius 2 is 2.17 bits per heavy atom. The number of benzene rings is 1. The smallest absolute Gasteiger partial charge is 0.165 e. The molecule has 2 rings (SSSR count). The Balaban J connectivity index is 2.35. The summed E-state index contributed by atoms with van der Waals surface area (Å²) in [6.45, 7) is 2.67. The number of aromatic nitrogens is 2. The van der Waals surface area contributed by atoms with Gasteiger partial charge < -0.3 is 10.5 Å². The van der Waals surface area contributed by atoms with E-state index in [1.165, 1.54) is 6.07 Å². The average molecular weight is 249 g/mol. The van der Waals surface area contributed by atoms with E-state index in [4.69, 9.17) is 10.5 Å². The fraction of sp³-hybridized carbons (Fsp3) is 0.308. The normalized spacial score (nSPS) is 10.7. The minimum atomic E-state index is -0.380. The maximum atomic E-state index is 13.7. The number of nitrogens with two attached hydrogens (primary N) is 1. The highest BCUT2D eigenvalue weighted by atomic mass is 19.1. The predicted molar refractivity (Wildman–Crippen MR) is 67.7 cm³/mol. The molecule has 0 atom stereocenters. The fourth-order valence-corrected chi connectivity index (χ4v) is 1.77. The zero-order chi connectivity index (χ0) is 13.1. The summed E-state index contributed by atoms with van der Waals surface area (Å²) in [7, 11) is 1.82. The van der Waals surface area contributed by atoms with Crippen molar-refractivity contribution < 1.29 is 9.13 Å². The van der Waals surface area contributed by atoms with Crippen molar-refractivity contribution in [3.8, 4) is 17.0 Å². The van der Waals surface area contributed by atoms with Crippen LogP contribution in [0.4, 0.5) is 4.39 Å². The molecular formula is C13H16FN3O. The molecule has 0 aliphatic heterocycles. The van der Waals surface area contributed by atoms with Crippen LogP contribution in [0.15, 0.2) is 24.3 Å². The number of rotatable bonds is 4. The standard InChI is InChI=1S/C13H16FN3O/c1-3-18-13-5-4-9(6-11(13)14)12-7-10(8-15)17(2)16-12/h4-7H,3,8,15H2,1-2H3. The summed E-state index contributed by atoms with van der Waals surface area (Å²) in [4.78, 5) is 0. The van der Waals surface area contributed by atoms with Crippen molar-refractivity contribution in [2.24, 2.45) is 12.8 Å². The zero-order valence-corrected chi connectivity index (χ0v) is 10.5. The van der Waals surface area contributed by atoms with Gasteiger partial charge in [0.1, 0.15) is 0 Å². The second-order valence-corrected chi connectivity index (χ2v) is 3.93. The van der Waals surface area contributed by atoms with Crippen LogP contribution in [0.3, 0.4) is 0 Å². The highest BCUT2D eigenvalue weighted by Crippen LogP contribution is 2.25. The van der Waals surface area contributed by atoms with Gasteiger partial charge in [-0.15, -0.1) is 0 Å². The van der Waals surface area contributed by atoms with Crippen molar-refractivity contribution in [1.29, 1.82) is 0 Å². The third kappa shape index (κ3) is 2.36. The summed E-state index contributed by atoms with van der Waals surface area (Å²) in [5.74, 6) is -0.120. The van der Waals surface area contributed by atoms with Gasteiger partial charge in [-0.2, -0.15) is 5.10 Å². The molecule has 0 fully saturated rings. The van der Waals surface area contributed by atoms with Crippen molar-refractivity contribution in [2.75, 3.05) is 6.61 Å². The van der Waals surface area contributed by atoms with E-state index < -0.39 is 0 Å². The Kier molecular flexibility index (Phi) is 3.62. The number of nitrogens with zero attached hydrogens (tertiary/aromatic N) is 2. The molecule has 0 aliphatic rings. The number of hydrogen-bond donors (Lipinski definition) is 1. The van der Waals surface area contributed by atoms with Gasteiger partial charge in [0, 0.05) is 19.2 Å². The van der Waals surface area contributed by atoms with Crippen molar-refractivity contribution in [3.05, 3.63) is 35.8 Å². The Bertz CT molecular complexity index is 551. The van der Waals surface area contributed by atoms with Crippen LogP contribution in [0, 0.1) is 5.82 Å². The number of aryl methyl sites for hydroxylation is 1. The maximum Gasteiger partial charge on any atom is 0.165 e. The Hall–Kier alpha value is -1.88. The predicted octanol–water partition coefficient (Wildman–Crippen LogP) is 2.08. The summed E-state index contributed by atoms with van der Waals surface area (Å²) >= 11 is 0. The number of hydrogen-bond acceptors (Lipinski definition) is 3. The van der Waals surface area contributed by atoms with Crippen LogP contribution in [0.25, 0.3) is 11.3 Å². The maximum absolute atomic E-state index is 13.7. The van der Waals surface area contributed by atoms with Gasteiger partial charge in [0.25, 0.3) is 0 Å². The minimum Gasteiger partial charge on any atom is -0.491 e. The van der Waals surface area contributed by atoms with E-state index >= 15 is 0 Å². The van der Waals surface area contributed by atoms with E-state index in [0.29, 0.717) is 24.4 Å². The molecule has 1 aromatic carbocycles. The molecule has 18 heavy (non-hydrogen) atoms. The molecule has 4 nitrogen and oxygen atoms in total. The highest BCUT2D eigenvalue weighted by Gasteiger charge is 2.09. The third-order valence-corrected chi connectivity index (χ3v) is 2.71. The van der Waals surface area contributed by atoms with Crippen LogP contribution in [0.5, 0.6) is 5.75 Å². The molecule has 0 bridgehead atoms. The van der Waals surface area contributed by atoms with Crippen molar-refractivity contribution in [3.63, 3.8) is 0 Å². The summed E-state index contributed by atoms with van der Waals surface area (Å²) < 4.78 is 20.6. The molecule has 1 aromatic heterocycles. The van der Waals surface area contributed by atoms with Crippen LogP contribution in [-0.2, 0) is 13.6 Å². The molecule has 0 saturated heterocycles. The first-order valence-corrected chi connectivity index (χ1v) is 5.81. The quantitative estimate of drug-likeness (QED) is 0.902. The minimum absolute atomic E-state index is 0.260. The fourth-order valence-electron chi connectivity index (χ4n) is 1.77. The van der Waals surface area contributed by atoms with Gasteiger partial charge >= 0.3 is 0 Å². The first-order chi connectivity index (χ1) is 8.65. The first-order valence-electron chi connectivity index (χ1n) is 5.81. The second-order valence-electron chi connectivity index (χ2n) is 3.93. The van der Waals surface area contributed by atoms with Gasteiger partial charge in [0.15, 0.2) is 11.6 Å². The molecule has 0 saturated carbocycles. The lowest BCUT2D eigenvalue weighted by molar-refractivity contribution is 0.321. The summed E-state index contributed by atoms with van der Waals surface area (Å²) in [5.41, 5.74) is 7.91. The molecule has 0 aliphatic carbocycles. The largest absolute Gasteiger partial charge is 0.491 e. The first kappa shape index (κ1) is 12.6. The zero-order valence-electron chi connectivity index (χ0n) is 10.5. The van der Waals surface area contributed by atoms with Crippen LogP contribution in [-0.4, -0.2) is 16.4 Å². The second kappa shape index (κ2) is 5.18. The van der Waals surface area contributed by atoms with Gasteiger partial charge in [-0.05, 0) is 31.2 Å². The van der Waals surface area contributed by atoms with Gasteiger partial charge in [0.2, 0.25) is 0 Å². The SMILES string of the molecule is CCOc1ccc(-c2cc(CN)n(C)n2)cc1F. The van der Waals surface area contributed by atoms with Gasteiger partial charge in [-0.1, -0.05) is 0 Å². The van der Waals surface area contributed by atoms with Crippen molar-refractivity contribution >= 4 is 0 Å².